The van der Waals surface area contributed by atoms with Crippen molar-refractivity contribution in [2.45, 2.75) is 31.2 Å². The van der Waals surface area contributed by atoms with Crippen LogP contribution in [0.25, 0.3) is 0 Å². The van der Waals surface area contributed by atoms with Gasteiger partial charge in [-0.25, -0.2) is 0 Å². The first-order chi connectivity index (χ1) is 15.5. The second-order valence-corrected chi connectivity index (χ2v) is 7.89. The van der Waals surface area contributed by atoms with E-state index in [9.17, 15) is 9.59 Å². The molecule has 1 fully saturated rings. The molecule has 2 aliphatic heterocycles. The Morgan fingerprint density at radius 3 is 2.25 bits per heavy atom. The van der Waals surface area contributed by atoms with Gasteiger partial charge in [0.1, 0.15) is 0 Å². The number of ether oxygens (including phenoxy) is 4. The van der Waals surface area contributed by atoms with Crippen LogP contribution in [0.1, 0.15) is 41.1 Å². The molecule has 0 radical (unpaired) electrons. The van der Waals surface area contributed by atoms with E-state index in [4.69, 9.17) is 18.9 Å². The first-order valence-electron chi connectivity index (χ1n) is 10.6. The summed E-state index contributed by atoms with van der Waals surface area (Å²) in [5, 5.41) is 3.01. The smallest absolute Gasteiger partial charge is 0.254 e. The number of nitrogens with one attached hydrogen (secondary N) is 1. The van der Waals surface area contributed by atoms with Crippen LogP contribution in [0.2, 0.25) is 0 Å². The largest absolute Gasteiger partial charge is 0.493 e. The van der Waals surface area contributed by atoms with Crippen LogP contribution in [0.4, 0.5) is 5.69 Å². The lowest BCUT2D eigenvalue weighted by molar-refractivity contribution is -0.119. The van der Waals surface area contributed by atoms with Crippen molar-refractivity contribution in [3.63, 3.8) is 0 Å². The first-order valence-corrected chi connectivity index (χ1v) is 10.6. The van der Waals surface area contributed by atoms with E-state index in [1.807, 2.05) is 4.90 Å². The molecule has 32 heavy (non-hydrogen) atoms. The van der Waals surface area contributed by atoms with Crippen LogP contribution in [-0.2, 0) is 4.79 Å². The van der Waals surface area contributed by atoms with Gasteiger partial charge in [-0.2, -0.15) is 0 Å². The van der Waals surface area contributed by atoms with E-state index in [1.54, 1.807) is 51.7 Å². The minimum absolute atomic E-state index is 0.0687. The van der Waals surface area contributed by atoms with Gasteiger partial charge >= 0.3 is 0 Å². The monoisotopic (exact) mass is 440 g/mol. The molecule has 170 valence electrons. The van der Waals surface area contributed by atoms with Gasteiger partial charge < -0.3 is 29.2 Å². The average molecular weight is 440 g/mol. The van der Waals surface area contributed by atoms with E-state index in [0.717, 1.165) is 19.3 Å². The van der Waals surface area contributed by atoms with E-state index in [2.05, 4.69) is 5.32 Å². The Labute approximate surface area is 187 Å². The van der Waals surface area contributed by atoms with Gasteiger partial charge in [0.05, 0.1) is 34.4 Å². The molecule has 2 atom stereocenters. The number of benzene rings is 2. The molecule has 0 aromatic heterocycles. The zero-order valence-corrected chi connectivity index (χ0v) is 18.8. The molecule has 1 N–H and O–H groups in total. The van der Waals surface area contributed by atoms with Gasteiger partial charge in [0, 0.05) is 29.9 Å². The van der Waals surface area contributed by atoms with Crippen LogP contribution in [0, 0.1) is 0 Å². The summed E-state index contributed by atoms with van der Waals surface area (Å²) in [6, 6.07) is 8.46. The molecule has 0 aliphatic carbocycles. The van der Waals surface area contributed by atoms with Crippen LogP contribution in [-0.4, -0.2) is 57.7 Å². The van der Waals surface area contributed by atoms with Gasteiger partial charge in [0.25, 0.3) is 5.91 Å². The maximum absolute atomic E-state index is 13.6. The quantitative estimate of drug-likeness (QED) is 0.741. The second kappa shape index (κ2) is 8.98. The van der Waals surface area contributed by atoms with Crippen LogP contribution in [0.15, 0.2) is 30.3 Å². The van der Waals surface area contributed by atoms with Gasteiger partial charge in [-0.05, 0) is 49.1 Å². The Morgan fingerprint density at radius 1 is 0.906 bits per heavy atom. The second-order valence-electron chi connectivity index (χ2n) is 7.89. The Bertz CT molecular complexity index is 1040. The molecule has 0 saturated carbocycles. The van der Waals surface area contributed by atoms with Crippen LogP contribution in [0.3, 0.4) is 0 Å². The third-order valence-electron chi connectivity index (χ3n) is 6.25. The summed E-state index contributed by atoms with van der Waals surface area (Å²) in [4.78, 5) is 28.7. The molecule has 0 unspecified atom stereocenters. The molecule has 2 heterocycles. The van der Waals surface area contributed by atoms with E-state index in [0.29, 0.717) is 46.4 Å². The van der Waals surface area contributed by atoms with Crippen molar-refractivity contribution < 1.29 is 28.5 Å². The molecular formula is C24H28N2O6. The lowest BCUT2D eigenvalue weighted by Crippen LogP contribution is -2.53. The molecule has 1 saturated heterocycles. The third-order valence-corrected chi connectivity index (χ3v) is 6.25. The number of carbonyl (C=O) groups excluding carboxylic acids is 2. The summed E-state index contributed by atoms with van der Waals surface area (Å²) in [5.74, 6) is 1.28. The van der Waals surface area contributed by atoms with E-state index in [-0.39, 0.29) is 17.9 Å². The minimum Gasteiger partial charge on any atom is -0.493 e. The number of hydrogen-bond donors (Lipinski definition) is 1. The SMILES string of the molecule is COc1ccc(NC(=O)[C@@H]2c3cc(OC)c(OC)cc3C(=O)N3CCCC[C@@H]23)cc1OC. The number of anilines is 1. The Morgan fingerprint density at radius 2 is 1.56 bits per heavy atom. The van der Waals surface area contributed by atoms with Gasteiger partial charge in [-0.15, -0.1) is 0 Å². The van der Waals surface area contributed by atoms with Crippen molar-refractivity contribution in [3.8, 4) is 23.0 Å². The predicted octanol–water partition coefficient (Wildman–Crippen LogP) is 3.45. The summed E-state index contributed by atoms with van der Waals surface area (Å²) in [6.07, 6.45) is 2.66. The highest BCUT2D eigenvalue weighted by Crippen LogP contribution is 2.43. The lowest BCUT2D eigenvalue weighted by atomic mass is 9.78. The van der Waals surface area contributed by atoms with Gasteiger partial charge in [0.2, 0.25) is 5.91 Å². The number of piperidine rings is 1. The molecule has 0 bridgehead atoms. The number of rotatable bonds is 6. The topological polar surface area (TPSA) is 86.3 Å². The van der Waals surface area contributed by atoms with Crippen molar-refractivity contribution >= 4 is 17.5 Å². The fraction of sp³-hybridized carbons (Fsp3) is 0.417. The molecule has 2 aliphatic rings. The zero-order chi connectivity index (χ0) is 22.8. The number of methoxy groups -OCH3 is 4. The number of hydrogen-bond acceptors (Lipinski definition) is 6. The maximum atomic E-state index is 13.6. The number of nitrogens with zero attached hydrogens (tertiary/aromatic N) is 1. The molecule has 0 spiro atoms. The Kier molecular flexibility index (Phi) is 6.12. The van der Waals surface area contributed by atoms with Crippen LogP contribution < -0.4 is 24.3 Å². The predicted molar refractivity (Wildman–Crippen MR) is 119 cm³/mol. The van der Waals surface area contributed by atoms with Crippen molar-refractivity contribution in [2.24, 2.45) is 0 Å². The Hall–Kier alpha value is -3.42. The fourth-order valence-corrected chi connectivity index (χ4v) is 4.71. The highest BCUT2D eigenvalue weighted by atomic mass is 16.5. The van der Waals surface area contributed by atoms with E-state index < -0.39 is 5.92 Å². The summed E-state index contributed by atoms with van der Waals surface area (Å²) < 4.78 is 21.5. The number of carbonyl (C=O) groups is 2. The zero-order valence-electron chi connectivity index (χ0n) is 18.8. The van der Waals surface area contributed by atoms with Crippen LogP contribution >= 0.6 is 0 Å². The first kappa shape index (κ1) is 21.8. The minimum atomic E-state index is -0.532. The highest BCUT2D eigenvalue weighted by molar-refractivity contribution is 6.05. The van der Waals surface area contributed by atoms with E-state index >= 15 is 0 Å². The lowest BCUT2D eigenvalue weighted by Gasteiger charge is -2.44. The molecular weight excluding hydrogens is 412 g/mol. The van der Waals surface area contributed by atoms with E-state index in [1.165, 1.54) is 7.11 Å². The van der Waals surface area contributed by atoms with Crippen molar-refractivity contribution in [1.29, 1.82) is 0 Å². The maximum Gasteiger partial charge on any atom is 0.254 e. The van der Waals surface area contributed by atoms with Crippen LogP contribution in [0.5, 0.6) is 23.0 Å². The van der Waals surface area contributed by atoms with Crippen molar-refractivity contribution in [2.75, 3.05) is 40.3 Å². The van der Waals surface area contributed by atoms with Gasteiger partial charge in [-0.1, -0.05) is 0 Å². The van der Waals surface area contributed by atoms with Crippen molar-refractivity contribution in [3.05, 3.63) is 41.5 Å². The highest BCUT2D eigenvalue weighted by Gasteiger charge is 2.45. The third kappa shape index (κ3) is 3.70. The summed E-state index contributed by atoms with van der Waals surface area (Å²) in [7, 11) is 6.18. The van der Waals surface area contributed by atoms with Crippen molar-refractivity contribution in [1.82, 2.24) is 4.90 Å². The number of amides is 2. The average Bonchev–Trinajstić information content (AvgIpc) is 2.83. The Balaban J connectivity index is 1.75. The molecule has 8 nitrogen and oxygen atoms in total. The standard InChI is InChI=1S/C24H28N2O6/c1-29-18-9-8-14(11-19(18)30-2)25-23(27)22-15-12-20(31-3)21(32-4)13-16(15)24(28)26-10-6-5-7-17(22)26/h8-9,11-13,17,22H,5-7,10H2,1-4H3,(H,25,27)/t17-,22+/m0/s1. The summed E-state index contributed by atoms with van der Waals surface area (Å²) >= 11 is 0. The number of fused-ring (bicyclic) bond motifs is 2. The summed E-state index contributed by atoms with van der Waals surface area (Å²) in [5.41, 5.74) is 1.73. The molecule has 2 aromatic rings. The fourth-order valence-electron chi connectivity index (χ4n) is 4.71. The molecule has 8 heteroatoms. The molecule has 2 amide bonds. The normalized spacial score (nSPS) is 19.5. The van der Waals surface area contributed by atoms with Gasteiger partial charge in [-0.3, -0.25) is 9.59 Å². The summed E-state index contributed by atoms with van der Waals surface area (Å²) in [6.45, 7) is 0.636. The van der Waals surface area contributed by atoms with Gasteiger partial charge in [0.15, 0.2) is 23.0 Å². The molecule has 2 aromatic carbocycles. The molecule has 4 rings (SSSR count).